The number of carbonyl (C=O) groups excluding carboxylic acids is 1. The van der Waals surface area contributed by atoms with Gasteiger partial charge in [0.2, 0.25) is 0 Å². The Balaban J connectivity index is 1.63. The van der Waals surface area contributed by atoms with Gasteiger partial charge in [0.1, 0.15) is 6.26 Å². The van der Waals surface area contributed by atoms with Gasteiger partial charge in [-0.25, -0.2) is 0 Å². The summed E-state index contributed by atoms with van der Waals surface area (Å²) >= 11 is 0. The summed E-state index contributed by atoms with van der Waals surface area (Å²) in [7, 11) is 0. The van der Waals surface area contributed by atoms with E-state index in [1.54, 1.807) is 6.07 Å². The van der Waals surface area contributed by atoms with Crippen LogP contribution in [-0.2, 0) is 0 Å². The van der Waals surface area contributed by atoms with E-state index >= 15 is 0 Å². The van der Waals surface area contributed by atoms with Crippen molar-refractivity contribution in [3.05, 3.63) is 18.0 Å². The third-order valence-corrected chi connectivity index (χ3v) is 4.10. The molecule has 1 aromatic rings. The van der Waals surface area contributed by atoms with E-state index in [0.29, 0.717) is 11.1 Å². The summed E-state index contributed by atoms with van der Waals surface area (Å²) in [5.41, 5.74) is 0.867. The maximum Gasteiger partial charge on any atom is 0.276 e. The normalized spacial score (nSPS) is 23.2. The third-order valence-electron chi connectivity index (χ3n) is 4.10. The first-order valence-electron chi connectivity index (χ1n) is 6.20. The molecule has 1 amide bonds. The molecule has 0 aliphatic carbocycles. The van der Waals surface area contributed by atoms with Gasteiger partial charge in [0.15, 0.2) is 5.69 Å². The Morgan fingerprint density at radius 1 is 1.41 bits per heavy atom. The number of amides is 1. The van der Waals surface area contributed by atoms with E-state index in [-0.39, 0.29) is 5.91 Å². The number of hydrogen-bond donors (Lipinski definition) is 1. The summed E-state index contributed by atoms with van der Waals surface area (Å²) < 4.78 is 4.71. The first kappa shape index (κ1) is 10.8. The molecule has 0 atom stereocenters. The van der Waals surface area contributed by atoms with E-state index in [1.807, 2.05) is 4.90 Å². The van der Waals surface area contributed by atoms with Crippen LogP contribution in [0.1, 0.15) is 29.8 Å². The molecule has 5 nitrogen and oxygen atoms in total. The van der Waals surface area contributed by atoms with Crippen LogP contribution in [0.2, 0.25) is 0 Å². The highest BCUT2D eigenvalue weighted by Gasteiger charge is 2.38. The maximum atomic E-state index is 12.1. The second-order valence-corrected chi connectivity index (χ2v) is 5.10. The zero-order valence-corrected chi connectivity index (χ0v) is 9.82. The summed E-state index contributed by atoms with van der Waals surface area (Å²) in [5, 5.41) is 7.13. The third kappa shape index (κ3) is 1.95. The number of likely N-dealkylation sites (tertiary alicyclic amines) is 1. The van der Waals surface area contributed by atoms with Gasteiger partial charge in [-0.2, -0.15) is 0 Å². The second-order valence-electron chi connectivity index (χ2n) is 5.10. The SMILES string of the molecule is O=C(c1ccon1)N1CCC2(CCNC2)CC1. The van der Waals surface area contributed by atoms with Gasteiger partial charge >= 0.3 is 0 Å². The second kappa shape index (κ2) is 4.14. The smallest absolute Gasteiger partial charge is 0.276 e. The molecule has 3 heterocycles. The van der Waals surface area contributed by atoms with E-state index in [1.165, 1.54) is 12.7 Å². The van der Waals surface area contributed by atoms with Gasteiger partial charge in [-0.3, -0.25) is 4.79 Å². The molecule has 3 rings (SSSR count). The predicted molar refractivity (Wildman–Crippen MR) is 61.6 cm³/mol. The van der Waals surface area contributed by atoms with Crippen molar-refractivity contribution < 1.29 is 9.32 Å². The first-order valence-corrected chi connectivity index (χ1v) is 6.20. The average Bonchev–Trinajstić information content (AvgIpc) is 3.01. The van der Waals surface area contributed by atoms with Crippen molar-refractivity contribution in [2.45, 2.75) is 19.3 Å². The van der Waals surface area contributed by atoms with Gasteiger partial charge in [0, 0.05) is 25.7 Å². The van der Waals surface area contributed by atoms with Gasteiger partial charge in [0.25, 0.3) is 5.91 Å². The van der Waals surface area contributed by atoms with E-state index in [2.05, 4.69) is 10.5 Å². The van der Waals surface area contributed by atoms with Crippen molar-refractivity contribution in [3.63, 3.8) is 0 Å². The minimum Gasteiger partial charge on any atom is -0.364 e. The molecule has 2 aliphatic heterocycles. The van der Waals surface area contributed by atoms with Gasteiger partial charge in [0.05, 0.1) is 0 Å². The van der Waals surface area contributed by atoms with Crippen LogP contribution < -0.4 is 5.32 Å². The van der Waals surface area contributed by atoms with Crippen molar-refractivity contribution >= 4 is 5.91 Å². The van der Waals surface area contributed by atoms with Crippen LogP contribution in [0.3, 0.4) is 0 Å². The number of carbonyl (C=O) groups is 1. The van der Waals surface area contributed by atoms with E-state index in [9.17, 15) is 4.79 Å². The van der Waals surface area contributed by atoms with E-state index in [4.69, 9.17) is 4.52 Å². The topological polar surface area (TPSA) is 58.4 Å². The molecule has 2 aliphatic rings. The molecule has 1 spiro atoms. The quantitative estimate of drug-likeness (QED) is 0.785. The van der Waals surface area contributed by atoms with Crippen LogP contribution in [0.25, 0.3) is 0 Å². The number of hydrogen-bond acceptors (Lipinski definition) is 4. The maximum absolute atomic E-state index is 12.1. The van der Waals surface area contributed by atoms with Crippen molar-refractivity contribution in [3.8, 4) is 0 Å². The summed E-state index contributed by atoms with van der Waals surface area (Å²) in [6, 6.07) is 1.63. The number of nitrogens with zero attached hydrogens (tertiary/aromatic N) is 2. The molecule has 0 saturated carbocycles. The Hall–Kier alpha value is -1.36. The molecule has 5 heteroatoms. The molecular formula is C12H17N3O2. The lowest BCUT2D eigenvalue weighted by atomic mass is 9.78. The summed E-state index contributed by atoms with van der Waals surface area (Å²) in [6.07, 6.45) is 4.89. The van der Waals surface area contributed by atoms with Gasteiger partial charge in [-0.05, 0) is 31.2 Å². The Morgan fingerprint density at radius 3 is 2.82 bits per heavy atom. The summed E-state index contributed by atoms with van der Waals surface area (Å²) in [4.78, 5) is 13.9. The predicted octanol–water partition coefficient (Wildman–Crippen LogP) is 0.890. The Bertz CT molecular complexity index is 386. The van der Waals surface area contributed by atoms with Crippen LogP contribution >= 0.6 is 0 Å². The average molecular weight is 235 g/mol. The molecule has 2 saturated heterocycles. The summed E-state index contributed by atoms with van der Waals surface area (Å²) in [6.45, 7) is 3.91. The Morgan fingerprint density at radius 2 is 2.24 bits per heavy atom. The number of nitrogens with one attached hydrogen (secondary N) is 1. The fraction of sp³-hybridized carbons (Fsp3) is 0.667. The van der Waals surface area contributed by atoms with Crippen LogP contribution in [0.4, 0.5) is 0 Å². The molecule has 92 valence electrons. The van der Waals surface area contributed by atoms with Crippen molar-refractivity contribution in [2.24, 2.45) is 5.41 Å². The molecule has 0 aromatic carbocycles. The highest BCUT2D eigenvalue weighted by molar-refractivity contribution is 5.92. The minimum atomic E-state index is -0.000411. The number of piperidine rings is 1. The fourth-order valence-corrected chi connectivity index (χ4v) is 2.89. The van der Waals surface area contributed by atoms with Gasteiger partial charge < -0.3 is 14.7 Å². The largest absolute Gasteiger partial charge is 0.364 e. The van der Waals surface area contributed by atoms with Gasteiger partial charge in [-0.15, -0.1) is 0 Å². The Labute approximate surface area is 100 Å². The molecule has 17 heavy (non-hydrogen) atoms. The van der Waals surface area contributed by atoms with E-state index < -0.39 is 0 Å². The molecule has 1 N–H and O–H groups in total. The number of aromatic nitrogens is 1. The standard InChI is InChI=1S/C12H17N3O2/c16-11(10-1-8-17-14-10)15-6-3-12(4-7-15)2-5-13-9-12/h1,8,13H,2-7,9H2. The zero-order valence-electron chi connectivity index (χ0n) is 9.82. The highest BCUT2D eigenvalue weighted by atomic mass is 16.5. The van der Waals surface area contributed by atoms with Crippen LogP contribution in [-0.4, -0.2) is 42.1 Å². The molecule has 0 unspecified atom stereocenters. The first-order chi connectivity index (χ1) is 8.29. The van der Waals surface area contributed by atoms with Crippen molar-refractivity contribution in [2.75, 3.05) is 26.2 Å². The lowest BCUT2D eigenvalue weighted by Gasteiger charge is -2.38. The molecule has 1 aromatic heterocycles. The number of rotatable bonds is 1. The molecule has 0 bridgehead atoms. The van der Waals surface area contributed by atoms with Crippen LogP contribution in [0.15, 0.2) is 16.9 Å². The zero-order chi connectivity index (χ0) is 11.7. The highest BCUT2D eigenvalue weighted by Crippen LogP contribution is 2.37. The van der Waals surface area contributed by atoms with Crippen LogP contribution in [0, 0.1) is 5.41 Å². The summed E-state index contributed by atoms with van der Waals surface area (Å²) in [5.74, 6) is -0.000411. The molecular weight excluding hydrogens is 218 g/mol. The lowest BCUT2D eigenvalue weighted by Crippen LogP contribution is -2.44. The van der Waals surface area contributed by atoms with Crippen LogP contribution in [0.5, 0.6) is 0 Å². The van der Waals surface area contributed by atoms with Crippen molar-refractivity contribution in [1.82, 2.24) is 15.4 Å². The van der Waals surface area contributed by atoms with E-state index in [0.717, 1.165) is 39.0 Å². The molecule has 2 fully saturated rings. The monoisotopic (exact) mass is 235 g/mol. The Kier molecular flexibility index (Phi) is 2.63. The minimum absolute atomic E-state index is 0.000411. The molecule has 0 radical (unpaired) electrons. The lowest BCUT2D eigenvalue weighted by molar-refractivity contribution is 0.0598. The fourth-order valence-electron chi connectivity index (χ4n) is 2.89. The van der Waals surface area contributed by atoms with Gasteiger partial charge in [-0.1, -0.05) is 5.16 Å². The van der Waals surface area contributed by atoms with Crippen molar-refractivity contribution in [1.29, 1.82) is 0 Å².